The SMILES string of the molecule is COC(=O)[C@@H]1[C@@H](CO)[C@@H]2Cn3c(ccc(-c4cccc(C(=O)N(C)C)c4)c3=O)[C@@H]2N1CC1CC1. The van der Waals surface area contributed by atoms with Crippen molar-refractivity contribution < 1.29 is 19.4 Å². The molecule has 0 bridgehead atoms. The number of rotatable bonds is 6. The van der Waals surface area contributed by atoms with Crippen molar-refractivity contribution in [3.05, 3.63) is 58.0 Å². The molecule has 1 N–H and O–H groups in total. The highest BCUT2D eigenvalue weighted by Gasteiger charge is 2.56. The van der Waals surface area contributed by atoms with Gasteiger partial charge < -0.3 is 19.3 Å². The summed E-state index contributed by atoms with van der Waals surface area (Å²) in [7, 11) is 4.79. The second kappa shape index (κ2) is 8.67. The predicted octanol–water partition coefficient (Wildman–Crippen LogP) is 1.76. The van der Waals surface area contributed by atoms with E-state index in [1.165, 1.54) is 12.0 Å². The van der Waals surface area contributed by atoms with E-state index in [1.54, 1.807) is 36.9 Å². The molecule has 1 aromatic carbocycles. The number of hydrogen-bond donors (Lipinski definition) is 1. The number of fused-ring (bicyclic) bond motifs is 3. The number of aromatic nitrogens is 1. The number of benzene rings is 1. The van der Waals surface area contributed by atoms with Gasteiger partial charge in [-0.3, -0.25) is 19.3 Å². The normalized spacial score (nSPS) is 25.6. The van der Waals surface area contributed by atoms with Gasteiger partial charge in [-0.15, -0.1) is 0 Å². The molecule has 3 heterocycles. The summed E-state index contributed by atoms with van der Waals surface area (Å²) in [4.78, 5) is 42.4. The predicted molar refractivity (Wildman–Crippen MR) is 126 cm³/mol. The summed E-state index contributed by atoms with van der Waals surface area (Å²) in [6.07, 6.45) is 2.28. The van der Waals surface area contributed by atoms with E-state index in [2.05, 4.69) is 4.90 Å². The number of pyridine rings is 1. The Hall–Kier alpha value is -2.97. The first-order chi connectivity index (χ1) is 16.3. The Labute approximate surface area is 198 Å². The van der Waals surface area contributed by atoms with Gasteiger partial charge in [-0.1, -0.05) is 12.1 Å². The minimum absolute atomic E-state index is 0.0440. The minimum atomic E-state index is -0.497. The third-order valence-corrected chi connectivity index (χ3v) is 7.63. The van der Waals surface area contributed by atoms with E-state index >= 15 is 0 Å². The van der Waals surface area contributed by atoms with E-state index in [1.807, 2.05) is 18.2 Å². The van der Waals surface area contributed by atoms with Gasteiger partial charge in [0.1, 0.15) is 6.04 Å². The van der Waals surface area contributed by atoms with E-state index in [4.69, 9.17) is 4.74 Å². The van der Waals surface area contributed by atoms with Crippen LogP contribution in [0.15, 0.2) is 41.2 Å². The molecule has 4 atom stereocenters. The van der Waals surface area contributed by atoms with Gasteiger partial charge in [0.25, 0.3) is 11.5 Å². The van der Waals surface area contributed by atoms with Crippen LogP contribution in [0.1, 0.15) is 34.9 Å². The molecule has 2 fully saturated rings. The molecule has 2 aliphatic heterocycles. The van der Waals surface area contributed by atoms with E-state index in [0.29, 0.717) is 29.2 Å². The molecule has 0 unspecified atom stereocenters. The Morgan fingerprint density at radius 2 is 1.94 bits per heavy atom. The van der Waals surface area contributed by atoms with Gasteiger partial charge in [0.15, 0.2) is 0 Å². The highest BCUT2D eigenvalue weighted by atomic mass is 16.5. The molecule has 8 nitrogen and oxygen atoms in total. The van der Waals surface area contributed by atoms with Gasteiger partial charge in [-0.2, -0.15) is 0 Å². The lowest BCUT2D eigenvalue weighted by molar-refractivity contribution is -0.148. The zero-order valence-corrected chi connectivity index (χ0v) is 19.8. The topological polar surface area (TPSA) is 92.1 Å². The van der Waals surface area contributed by atoms with Crippen molar-refractivity contribution in [2.24, 2.45) is 17.8 Å². The summed E-state index contributed by atoms with van der Waals surface area (Å²) in [5, 5.41) is 10.2. The molecule has 2 aromatic rings. The number of nitrogens with zero attached hydrogens (tertiary/aromatic N) is 3. The molecule has 0 spiro atoms. The van der Waals surface area contributed by atoms with Crippen molar-refractivity contribution in [2.75, 3.05) is 34.4 Å². The number of aliphatic hydroxyl groups excluding tert-OH is 1. The molecule has 5 rings (SSSR count). The van der Waals surface area contributed by atoms with Crippen molar-refractivity contribution in [3.63, 3.8) is 0 Å². The average molecular weight is 466 g/mol. The molecule has 1 aromatic heterocycles. The Bertz CT molecular complexity index is 1190. The summed E-state index contributed by atoms with van der Waals surface area (Å²) in [5.74, 6) is -0.227. The van der Waals surface area contributed by atoms with E-state index in [9.17, 15) is 19.5 Å². The fourth-order valence-corrected chi connectivity index (χ4v) is 5.80. The standard InChI is InChI=1S/C26H31N3O5/c1-27(2)24(31)17-6-4-5-16(11-17)18-9-10-21-22-19(13-28(21)25(18)32)20(14-30)23(26(33)34-3)29(22)12-15-7-8-15/h4-6,9-11,15,19-20,22-23,30H,7-8,12-14H2,1-3H3/t19-,20-,22+,23-/m0/s1. The number of ether oxygens (including phenoxy) is 1. The maximum absolute atomic E-state index is 13.6. The smallest absolute Gasteiger partial charge is 0.323 e. The first kappa shape index (κ1) is 22.8. The molecule has 34 heavy (non-hydrogen) atoms. The fraction of sp³-hybridized carbons (Fsp3) is 0.500. The average Bonchev–Trinajstić information content (AvgIpc) is 3.50. The van der Waals surface area contributed by atoms with Crippen molar-refractivity contribution in [2.45, 2.75) is 31.5 Å². The van der Waals surface area contributed by atoms with Crippen LogP contribution in [0.25, 0.3) is 11.1 Å². The minimum Gasteiger partial charge on any atom is -0.468 e. The first-order valence-corrected chi connectivity index (χ1v) is 11.9. The second-order valence-corrected chi connectivity index (χ2v) is 9.93. The van der Waals surface area contributed by atoms with Crippen LogP contribution in [-0.2, 0) is 16.1 Å². The van der Waals surface area contributed by atoms with Gasteiger partial charge in [0, 0.05) is 62.4 Å². The zero-order valence-electron chi connectivity index (χ0n) is 19.8. The molecule has 0 radical (unpaired) electrons. The molecular weight excluding hydrogens is 434 g/mol. The Morgan fingerprint density at radius 1 is 1.18 bits per heavy atom. The number of likely N-dealkylation sites (tertiary alicyclic amines) is 1. The molecule has 8 heteroatoms. The van der Waals surface area contributed by atoms with Crippen LogP contribution >= 0.6 is 0 Å². The summed E-state index contributed by atoms with van der Waals surface area (Å²) in [6.45, 7) is 1.08. The molecule has 1 aliphatic carbocycles. The monoisotopic (exact) mass is 465 g/mol. The molecule has 3 aliphatic rings. The molecular formula is C26H31N3O5. The van der Waals surface area contributed by atoms with Crippen LogP contribution in [0.3, 0.4) is 0 Å². The summed E-state index contributed by atoms with van der Waals surface area (Å²) < 4.78 is 6.90. The van der Waals surface area contributed by atoms with Gasteiger partial charge in [-0.25, -0.2) is 0 Å². The lowest BCUT2D eigenvalue weighted by Crippen LogP contribution is -2.44. The van der Waals surface area contributed by atoms with Crippen LogP contribution in [0.5, 0.6) is 0 Å². The number of amides is 1. The number of methoxy groups -OCH3 is 1. The molecule has 180 valence electrons. The first-order valence-electron chi connectivity index (χ1n) is 11.9. The van der Waals surface area contributed by atoms with Crippen molar-refractivity contribution in [3.8, 4) is 11.1 Å². The number of carbonyl (C=O) groups is 2. The van der Waals surface area contributed by atoms with Crippen LogP contribution in [-0.4, -0.2) is 71.7 Å². The zero-order chi connectivity index (χ0) is 24.1. The number of hydrogen-bond acceptors (Lipinski definition) is 6. The van der Waals surface area contributed by atoms with Gasteiger partial charge in [-0.05, 0) is 48.6 Å². The molecule has 1 amide bonds. The van der Waals surface area contributed by atoms with Crippen LogP contribution in [0.2, 0.25) is 0 Å². The highest BCUT2D eigenvalue weighted by Crippen LogP contribution is 2.51. The Balaban J connectivity index is 1.54. The quantitative estimate of drug-likeness (QED) is 0.654. The van der Waals surface area contributed by atoms with Gasteiger partial charge in [0.05, 0.1) is 13.2 Å². The van der Waals surface area contributed by atoms with Gasteiger partial charge in [0.2, 0.25) is 0 Å². The van der Waals surface area contributed by atoms with Crippen LogP contribution < -0.4 is 5.56 Å². The van der Waals surface area contributed by atoms with Crippen LogP contribution in [0, 0.1) is 17.8 Å². The van der Waals surface area contributed by atoms with Crippen molar-refractivity contribution in [1.29, 1.82) is 0 Å². The lowest BCUT2D eigenvalue weighted by Gasteiger charge is -2.29. The third-order valence-electron chi connectivity index (χ3n) is 7.63. The number of esters is 1. The van der Waals surface area contributed by atoms with E-state index < -0.39 is 6.04 Å². The maximum Gasteiger partial charge on any atom is 0.323 e. The highest BCUT2D eigenvalue weighted by molar-refractivity contribution is 5.95. The second-order valence-electron chi connectivity index (χ2n) is 9.93. The van der Waals surface area contributed by atoms with Gasteiger partial charge >= 0.3 is 5.97 Å². The summed E-state index contributed by atoms with van der Waals surface area (Å²) in [5.41, 5.74) is 2.53. The fourth-order valence-electron chi connectivity index (χ4n) is 5.80. The van der Waals surface area contributed by atoms with E-state index in [0.717, 1.165) is 25.1 Å². The van der Waals surface area contributed by atoms with Crippen molar-refractivity contribution in [1.82, 2.24) is 14.4 Å². The summed E-state index contributed by atoms with van der Waals surface area (Å²) >= 11 is 0. The molecule has 1 saturated heterocycles. The lowest BCUT2D eigenvalue weighted by atomic mass is 9.88. The third kappa shape index (κ3) is 3.65. The maximum atomic E-state index is 13.6. The molecule has 1 saturated carbocycles. The van der Waals surface area contributed by atoms with E-state index in [-0.39, 0.29) is 41.9 Å². The summed E-state index contributed by atoms with van der Waals surface area (Å²) in [6, 6.07) is 10.3. The largest absolute Gasteiger partial charge is 0.468 e. The van der Waals surface area contributed by atoms with Crippen molar-refractivity contribution >= 4 is 11.9 Å². The number of carbonyl (C=O) groups excluding carboxylic acids is 2. The number of aliphatic hydroxyl groups is 1. The Morgan fingerprint density at radius 3 is 2.59 bits per heavy atom. The Kier molecular flexibility index (Phi) is 5.81. The van der Waals surface area contributed by atoms with Crippen LogP contribution in [0.4, 0.5) is 0 Å².